The first kappa shape index (κ1) is 12.1. The van der Waals surface area contributed by atoms with Crippen LogP contribution in [0.4, 0.5) is 0 Å². The number of ether oxygens (including phenoxy) is 1. The van der Waals surface area contributed by atoms with Crippen LogP contribution in [-0.4, -0.2) is 27.8 Å². The molecule has 1 heterocycles. The smallest absolute Gasteiger partial charge is 0.167 e. The Labute approximate surface area is 95.4 Å². The van der Waals surface area contributed by atoms with E-state index in [0.717, 1.165) is 26.0 Å². The minimum atomic E-state index is 0.327. The largest absolute Gasteiger partial charge is 0.387 e. The van der Waals surface area contributed by atoms with Gasteiger partial charge in [-0.25, -0.2) is 4.98 Å². The van der Waals surface area contributed by atoms with Crippen LogP contribution in [0.3, 0.4) is 0 Å². The van der Waals surface area contributed by atoms with Crippen LogP contribution >= 0.6 is 12.2 Å². The highest BCUT2D eigenvalue weighted by Crippen LogP contribution is 1.98. The van der Waals surface area contributed by atoms with E-state index < -0.39 is 0 Å². The molecular weight excluding hydrogens is 210 g/mol. The Morgan fingerprint density at radius 2 is 2.40 bits per heavy atom. The van der Waals surface area contributed by atoms with Gasteiger partial charge in [0.05, 0.1) is 6.61 Å². The minimum absolute atomic E-state index is 0.327. The van der Waals surface area contributed by atoms with Crippen LogP contribution in [0.1, 0.15) is 25.6 Å². The Balaban J connectivity index is 2.31. The Bertz CT molecular complexity index is 311. The van der Waals surface area contributed by atoms with Crippen LogP contribution < -0.4 is 5.73 Å². The molecule has 0 amide bonds. The van der Waals surface area contributed by atoms with Gasteiger partial charge in [0.2, 0.25) is 0 Å². The zero-order valence-electron chi connectivity index (χ0n) is 8.98. The summed E-state index contributed by atoms with van der Waals surface area (Å²) in [6, 6.07) is 0. The van der Waals surface area contributed by atoms with Crippen molar-refractivity contribution in [1.82, 2.24) is 9.55 Å². The SMILES string of the molecule is CCCCOCCn1ccnc1C(N)=S. The predicted octanol–water partition coefficient (Wildman–Crippen LogP) is 1.33. The fourth-order valence-electron chi connectivity index (χ4n) is 1.23. The second-order valence-electron chi connectivity index (χ2n) is 3.27. The normalized spacial score (nSPS) is 10.5. The number of hydrogen-bond acceptors (Lipinski definition) is 3. The molecule has 2 N–H and O–H groups in total. The Kier molecular flexibility index (Phi) is 5.28. The molecule has 5 heteroatoms. The number of hydrogen-bond donors (Lipinski definition) is 1. The molecule has 1 aromatic heterocycles. The van der Waals surface area contributed by atoms with Crippen molar-refractivity contribution in [2.75, 3.05) is 13.2 Å². The molecule has 1 aromatic rings. The van der Waals surface area contributed by atoms with Gasteiger partial charge in [-0.05, 0) is 6.42 Å². The molecule has 0 saturated carbocycles. The van der Waals surface area contributed by atoms with Gasteiger partial charge < -0.3 is 15.0 Å². The summed E-state index contributed by atoms with van der Waals surface area (Å²) in [6.07, 6.45) is 5.81. The van der Waals surface area contributed by atoms with E-state index in [1.165, 1.54) is 0 Å². The molecule has 0 aliphatic rings. The van der Waals surface area contributed by atoms with E-state index in [0.29, 0.717) is 17.4 Å². The second-order valence-corrected chi connectivity index (χ2v) is 3.71. The summed E-state index contributed by atoms with van der Waals surface area (Å²) in [5, 5.41) is 0. The number of thiocarbonyl (C=S) groups is 1. The van der Waals surface area contributed by atoms with Gasteiger partial charge in [0.25, 0.3) is 0 Å². The van der Waals surface area contributed by atoms with Crippen molar-refractivity contribution in [3.8, 4) is 0 Å². The maximum atomic E-state index is 5.52. The van der Waals surface area contributed by atoms with Gasteiger partial charge in [0.15, 0.2) is 5.82 Å². The topological polar surface area (TPSA) is 53.1 Å². The van der Waals surface area contributed by atoms with Crippen LogP contribution in [0, 0.1) is 0 Å². The van der Waals surface area contributed by atoms with Crippen LogP contribution in [0.15, 0.2) is 12.4 Å². The fourth-order valence-corrected chi connectivity index (χ4v) is 1.40. The molecular formula is C10H17N3OS. The van der Waals surface area contributed by atoms with E-state index in [1.54, 1.807) is 6.20 Å². The van der Waals surface area contributed by atoms with Crippen LogP contribution in [0.2, 0.25) is 0 Å². The molecule has 4 nitrogen and oxygen atoms in total. The summed E-state index contributed by atoms with van der Waals surface area (Å²) in [5.74, 6) is 0.657. The molecule has 0 aromatic carbocycles. The zero-order valence-corrected chi connectivity index (χ0v) is 9.80. The maximum absolute atomic E-state index is 5.52. The molecule has 0 spiro atoms. The van der Waals surface area contributed by atoms with Gasteiger partial charge in [-0.1, -0.05) is 25.6 Å². The first-order valence-corrected chi connectivity index (χ1v) is 5.55. The summed E-state index contributed by atoms with van der Waals surface area (Å²) in [5.41, 5.74) is 5.52. The molecule has 0 fully saturated rings. The van der Waals surface area contributed by atoms with E-state index in [4.69, 9.17) is 22.7 Å². The first-order valence-electron chi connectivity index (χ1n) is 5.14. The zero-order chi connectivity index (χ0) is 11.1. The average molecular weight is 227 g/mol. The van der Waals surface area contributed by atoms with E-state index in [-0.39, 0.29) is 0 Å². The summed E-state index contributed by atoms with van der Waals surface area (Å²) in [6.45, 7) is 4.38. The van der Waals surface area contributed by atoms with E-state index in [1.807, 2.05) is 10.8 Å². The van der Waals surface area contributed by atoms with Gasteiger partial charge >= 0.3 is 0 Å². The van der Waals surface area contributed by atoms with Crippen molar-refractivity contribution in [3.05, 3.63) is 18.2 Å². The molecule has 0 saturated heterocycles. The molecule has 0 bridgehead atoms. The van der Waals surface area contributed by atoms with Gasteiger partial charge in [-0.2, -0.15) is 0 Å². The van der Waals surface area contributed by atoms with Crippen molar-refractivity contribution in [2.24, 2.45) is 5.73 Å². The third-order valence-corrected chi connectivity index (χ3v) is 2.24. The van der Waals surface area contributed by atoms with Crippen molar-refractivity contribution in [2.45, 2.75) is 26.3 Å². The number of imidazole rings is 1. The lowest BCUT2D eigenvalue weighted by Crippen LogP contribution is -2.18. The Morgan fingerprint density at radius 3 is 3.07 bits per heavy atom. The van der Waals surface area contributed by atoms with Crippen LogP contribution in [-0.2, 0) is 11.3 Å². The molecule has 15 heavy (non-hydrogen) atoms. The first-order chi connectivity index (χ1) is 7.25. The lowest BCUT2D eigenvalue weighted by Gasteiger charge is -2.07. The maximum Gasteiger partial charge on any atom is 0.167 e. The number of aromatic nitrogens is 2. The number of unbranched alkanes of at least 4 members (excludes halogenated alkanes) is 1. The van der Waals surface area contributed by atoms with Gasteiger partial charge in [0, 0.05) is 25.5 Å². The highest BCUT2D eigenvalue weighted by Gasteiger charge is 2.04. The van der Waals surface area contributed by atoms with Crippen molar-refractivity contribution < 1.29 is 4.74 Å². The van der Waals surface area contributed by atoms with Gasteiger partial charge in [0.1, 0.15) is 4.99 Å². The van der Waals surface area contributed by atoms with Gasteiger partial charge in [-0.15, -0.1) is 0 Å². The standard InChI is InChI=1S/C10H17N3OS/c1-2-3-7-14-8-6-13-5-4-12-10(13)9(11)15/h4-5H,2-3,6-8H2,1H3,(H2,11,15). The quantitative estimate of drug-likeness (QED) is 0.564. The molecule has 84 valence electrons. The van der Waals surface area contributed by atoms with E-state index in [9.17, 15) is 0 Å². The van der Waals surface area contributed by atoms with Crippen LogP contribution in [0.25, 0.3) is 0 Å². The van der Waals surface area contributed by atoms with Crippen molar-refractivity contribution in [1.29, 1.82) is 0 Å². The monoisotopic (exact) mass is 227 g/mol. The number of nitrogens with two attached hydrogens (primary N) is 1. The number of nitrogens with zero attached hydrogens (tertiary/aromatic N) is 2. The van der Waals surface area contributed by atoms with Crippen LogP contribution in [0.5, 0.6) is 0 Å². The molecule has 0 aliphatic carbocycles. The number of rotatable bonds is 7. The van der Waals surface area contributed by atoms with Gasteiger partial charge in [-0.3, -0.25) is 0 Å². The summed E-state index contributed by atoms with van der Waals surface area (Å²) in [4.78, 5) is 4.40. The highest BCUT2D eigenvalue weighted by atomic mass is 32.1. The Morgan fingerprint density at radius 1 is 1.60 bits per heavy atom. The minimum Gasteiger partial charge on any atom is -0.387 e. The highest BCUT2D eigenvalue weighted by molar-refractivity contribution is 7.80. The fraction of sp³-hybridized carbons (Fsp3) is 0.600. The Hall–Kier alpha value is -0.940. The predicted molar refractivity (Wildman–Crippen MR) is 63.8 cm³/mol. The molecule has 0 aliphatic heterocycles. The summed E-state index contributed by atoms with van der Waals surface area (Å²) < 4.78 is 7.36. The van der Waals surface area contributed by atoms with Crippen molar-refractivity contribution >= 4 is 17.2 Å². The summed E-state index contributed by atoms with van der Waals surface area (Å²) >= 11 is 4.88. The lowest BCUT2D eigenvalue weighted by atomic mass is 10.4. The third kappa shape index (κ3) is 3.97. The van der Waals surface area contributed by atoms with Crippen molar-refractivity contribution in [3.63, 3.8) is 0 Å². The average Bonchev–Trinajstić information content (AvgIpc) is 2.66. The van der Waals surface area contributed by atoms with E-state index >= 15 is 0 Å². The summed E-state index contributed by atoms with van der Waals surface area (Å²) in [7, 11) is 0. The molecule has 1 rings (SSSR count). The molecule has 0 unspecified atom stereocenters. The molecule has 0 radical (unpaired) electrons. The third-order valence-electron chi connectivity index (χ3n) is 2.05. The van der Waals surface area contributed by atoms with E-state index in [2.05, 4.69) is 11.9 Å². The lowest BCUT2D eigenvalue weighted by molar-refractivity contribution is 0.123. The molecule has 0 atom stereocenters. The second kappa shape index (κ2) is 6.53.